The number of carbonyl (C=O) groups excluding carboxylic acids is 5. The van der Waals surface area contributed by atoms with E-state index in [1.807, 2.05) is 37.3 Å². The summed E-state index contributed by atoms with van der Waals surface area (Å²) in [5.74, 6) is -5.96. The van der Waals surface area contributed by atoms with E-state index in [1.54, 1.807) is 37.4 Å². The average Bonchev–Trinajstić information content (AvgIpc) is 3.63. The van der Waals surface area contributed by atoms with E-state index in [9.17, 15) is 44.1 Å². The van der Waals surface area contributed by atoms with Crippen LogP contribution in [-0.4, -0.2) is 104 Å². The Balaban J connectivity index is 1.50. The number of hydrogen-bond acceptors (Lipinski definition) is 10. The molecule has 0 radical (unpaired) electrons. The number of carbonyl (C=O) groups is 6. The maximum absolute atomic E-state index is 14.0. The van der Waals surface area contributed by atoms with Crippen LogP contribution in [0.2, 0.25) is 0 Å². The van der Waals surface area contributed by atoms with Gasteiger partial charge >= 0.3 is 5.97 Å². The Kier molecular flexibility index (Phi) is 16.7. The largest absolute Gasteiger partial charge is 0.508 e. The number of aromatic nitrogens is 1. The van der Waals surface area contributed by atoms with Crippen LogP contribution in [0, 0.1) is 5.92 Å². The van der Waals surface area contributed by atoms with Gasteiger partial charge in [0, 0.05) is 35.7 Å². The van der Waals surface area contributed by atoms with Crippen molar-refractivity contribution in [3.05, 3.63) is 102 Å². The summed E-state index contributed by atoms with van der Waals surface area (Å²) < 4.78 is 0. The SMILES string of the molecule is CC[C@H](C)[C@H](NC(=O)[C@H](Cc1ccccc1)NC(=O)[C@@H](N)Cc1c[nH]c2ccccc12)C(=O)N[C@@H](CS)C(=O)N[C@@H](Cc1ccc(O)cc1)C(=O)N[C@@H](CO)C(=O)O. The van der Waals surface area contributed by atoms with Crippen molar-refractivity contribution < 1.29 is 44.1 Å². The molecule has 310 valence electrons. The third-order valence-corrected chi connectivity index (χ3v) is 10.1. The number of aromatic hydroxyl groups is 1. The molecule has 1 heterocycles. The number of phenols is 1. The Bertz CT molecular complexity index is 2030. The maximum Gasteiger partial charge on any atom is 0.328 e. The summed E-state index contributed by atoms with van der Waals surface area (Å²) in [6.45, 7) is 2.64. The molecule has 16 nitrogen and oxygen atoms in total. The minimum Gasteiger partial charge on any atom is -0.508 e. The number of aliphatic hydroxyl groups is 1. The number of carboxylic acids is 1. The van der Waals surface area contributed by atoms with Gasteiger partial charge in [0.1, 0.15) is 36.0 Å². The number of aliphatic carboxylic acids is 1. The molecule has 3 aromatic carbocycles. The molecule has 0 fully saturated rings. The molecular formula is C41H51N7O9S. The fourth-order valence-electron chi connectivity index (χ4n) is 6.19. The molecule has 17 heteroatoms. The molecule has 1 aromatic heterocycles. The molecule has 0 saturated carbocycles. The number of rotatable bonds is 21. The van der Waals surface area contributed by atoms with Gasteiger partial charge in [-0.25, -0.2) is 4.79 Å². The van der Waals surface area contributed by atoms with Crippen LogP contribution in [0.15, 0.2) is 85.1 Å². The zero-order valence-corrected chi connectivity index (χ0v) is 33.1. The molecule has 4 aromatic rings. The second-order valence-corrected chi connectivity index (χ2v) is 14.4. The Hall–Kier alpha value is -5.91. The first-order valence-corrected chi connectivity index (χ1v) is 19.5. The van der Waals surface area contributed by atoms with Crippen LogP contribution in [0.25, 0.3) is 10.9 Å². The van der Waals surface area contributed by atoms with E-state index >= 15 is 0 Å². The van der Waals surface area contributed by atoms with Gasteiger partial charge in [-0.3, -0.25) is 24.0 Å². The molecule has 0 aliphatic rings. The minimum atomic E-state index is -1.65. The molecule has 0 saturated heterocycles. The van der Waals surface area contributed by atoms with E-state index in [0.29, 0.717) is 12.0 Å². The zero-order chi connectivity index (χ0) is 42.4. The lowest BCUT2D eigenvalue weighted by molar-refractivity contribution is -0.143. The number of thiol groups is 1. The highest BCUT2D eigenvalue weighted by molar-refractivity contribution is 7.80. The van der Waals surface area contributed by atoms with Crippen molar-refractivity contribution in [3.8, 4) is 5.75 Å². The molecule has 0 aliphatic carbocycles. The van der Waals surface area contributed by atoms with Crippen molar-refractivity contribution in [3.63, 3.8) is 0 Å². The number of phenolic OH excluding ortho intramolecular Hbond substituents is 1. The molecule has 7 atom stereocenters. The van der Waals surface area contributed by atoms with Gasteiger partial charge in [-0.15, -0.1) is 0 Å². The highest BCUT2D eigenvalue weighted by atomic mass is 32.1. The highest BCUT2D eigenvalue weighted by Crippen LogP contribution is 2.19. The third kappa shape index (κ3) is 12.5. The number of para-hydroxylation sites is 1. The van der Waals surface area contributed by atoms with Crippen molar-refractivity contribution in [2.24, 2.45) is 11.7 Å². The molecular weight excluding hydrogens is 767 g/mol. The summed E-state index contributed by atoms with van der Waals surface area (Å²) in [6.07, 6.45) is 2.36. The van der Waals surface area contributed by atoms with Gasteiger partial charge in [0.2, 0.25) is 29.5 Å². The van der Waals surface area contributed by atoms with E-state index in [0.717, 1.165) is 22.0 Å². The standard InChI is InChI=1S/C41H51N7O9S/c1-3-23(2)35(40(55)47-34(22-58)39(54)45-31(18-25-13-15-27(50)16-14-25)37(52)46-33(21-49)41(56)57)48-38(53)32(17-24-9-5-4-6-10-24)44-36(51)29(42)19-26-20-43-30-12-8-7-11-28(26)30/h4-16,20,23,29,31-35,43,49-50,58H,3,17-19,21-22,42H2,1-2H3,(H,44,51)(H,45,54)(H,46,52)(H,47,55)(H,48,53)(H,56,57)/t23-,29-,31-,32-,33-,34-,35-/m0/s1. The second kappa shape index (κ2) is 21.6. The van der Waals surface area contributed by atoms with E-state index < -0.39 is 84.3 Å². The molecule has 11 N–H and O–H groups in total. The lowest BCUT2D eigenvalue weighted by Crippen LogP contribution is -2.61. The van der Waals surface area contributed by atoms with Crippen LogP contribution in [-0.2, 0) is 48.0 Å². The smallest absolute Gasteiger partial charge is 0.328 e. The number of nitrogens with one attached hydrogen (secondary N) is 6. The Morgan fingerprint density at radius 1 is 0.690 bits per heavy atom. The van der Waals surface area contributed by atoms with E-state index in [1.165, 1.54) is 24.3 Å². The van der Waals surface area contributed by atoms with Crippen LogP contribution < -0.4 is 32.3 Å². The van der Waals surface area contributed by atoms with Crippen molar-refractivity contribution in [2.45, 2.75) is 75.8 Å². The fraction of sp³-hybridized carbons (Fsp3) is 0.366. The summed E-state index contributed by atoms with van der Waals surface area (Å²) in [7, 11) is 0. The zero-order valence-electron chi connectivity index (χ0n) is 32.2. The van der Waals surface area contributed by atoms with Crippen molar-refractivity contribution in [1.29, 1.82) is 0 Å². The number of benzene rings is 3. The number of H-pyrrole nitrogens is 1. The van der Waals surface area contributed by atoms with E-state index in [-0.39, 0.29) is 30.8 Å². The lowest BCUT2D eigenvalue weighted by Gasteiger charge is -2.29. The number of aliphatic hydroxyl groups excluding tert-OH is 1. The second-order valence-electron chi connectivity index (χ2n) is 14.1. The first-order valence-electron chi connectivity index (χ1n) is 18.8. The maximum atomic E-state index is 14.0. The quantitative estimate of drug-likeness (QED) is 0.0525. The van der Waals surface area contributed by atoms with Crippen LogP contribution >= 0.6 is 12.6 Å². The number of amides is 5. The summed E-state index contributed by atoms with van der Waals surface area (Å²) in [5, 5.41) is 42.3. The van der Waals surface area contributed by atoms with Gasteiger partial charge in [0.25, 0.3) is 0 Å². The average molecular weight is 818 g/mol. The highest BCUT2D eigenvalue weighted by Gasteiger charge is 2.34. The number of nitrogens with two attached hydrogens (primary N) is 1. The van der Waals surface area contributed by atoms with Gasteiger partial charge in [-0.05, 0) is 47.2 Å². The first kappa shape index (κ1) is 44.8. The van der Waals surface area contributed by atoms with Crippen molar-refractivity contribution in [1.82, 2.24) is 31.6 Å². The molecule has 0 spiro atoms. The minimum absolute atomic E-state index is 0.0420. The number of aromatic amines is 1. The summed E-state index contributed by atoms with van der Waals surface area (Å²) in [5.41, 5.74) is 9.33. The number of fused-ring (bicyclic) bond motifs is 1. The molecule has 0 aliphatic heterocycles. The Morgan fingerprint density at radius 3 is 1.83 bits per heavy atom. The van der Waals surface area contributed by atoms with Crippen molar-refractivity contribution >= 4 is 59.0 Å². The van der Waals surface area contributed by atoms with Crippen molar-refractivity contribution in [2.75, 3.05) is 12.4 Å². The normalized spacial score (nSPS) is 14.8. The van der Waals surface area contributed by atoms with Crippen LogP contribution in [0.1, 0.15) is 37.0 Å². The molecule has 4 rings (SSSR count). The first-order chi connectivity index (χ1) is 27.7. The Morgan fingerprint density at radius 2 is 1.22 bits per heavy atom. The van der Waals surface area contributed by atoms with Gasteiger partial charge in [-0.1, -0.05) is 80.9 Å². The predicted octanol–water partition coefficient (Wildman–Crippen LogP) is 0.706. The van der Waals surface area contributed by atoms with Gasteiger partial charge in [0.15, 0.2) is 0 Å². The molecule has 5 amide bonds. The number of carboxylic acid groups (broad SMARTS) is 1. The lowest BCUT2D eigenvalue weighted by atomic mass is 9.96. The monoisotopic (exact) mass is 817 g/mol. The van der Waals surface area contributed by atoms with Crippen LogP contribution in [0.4, 0.5) is 0 Å². The van der Waals surface area contributed by atoms with Crippen LogP contribution in [0.5, 0.6) is 5.75 Å². The van der Waals surface area contributed by atoms with Crippen LogP contribution in [0.3, 0.4) is 0 Å². The van der Waals surface area contributed by atoms with E-state index in [2.05, 4.69) is 44.2 Å². The van der Waals surface area contributed by atoms with Gasteiger partial charge < -0.3 is 52.6 Å². The third-order valence-electron chi connectivity index (χ3n) is 9.78. The molecule has 0 unspecified atom stereocenters. The predicted molar refractivity (Wildman–Crippen MR) is 220 cm³/mol. The molecule has 0 bridgehead atoms. The van der Waals surface area contributed by atoms with Gasteiger partial charge in [0.05, 0.1) is 12.6 Å². The number of hydrogen-bond donors (Lipinski definition) is 11. The Labute approximate surface area is 341 Å². The fourth-order valence-corrected chi connectivity index (χ4v) is 6.44. The topological polar surface area (TPSA) is 265 Å². The summed E-state index contributed by atoms with van der Waals surface area (Å²) in [4.78, 5) is 83.0. The van der Waals surface area contributed by atoms with E-state index in [4.69, 9.17) is 5.73 Å². The van der Waals surface area contributed by atoms with Gasteiger partial charge in [-0.2, -0.15) is 12.6 Å². The molecule has 58 heavy (non-hydrogen) atoms. The summed E-state index contributed by atoms with van der Waals surface area (Å²) >= 11 is 4.26. The summed E-state index contributed by atoms with van der Waals surface area (Å²) in [6, 6.07) is 14.7.